The first-order chi connectivity index (χ1) is 8.11. The van der Waals surface area contributed by atoms with Gasteiger partial charge in [-0.25, -0.2) is 13.6 Å². The summed E-state index contributed by atoms with van der Waals surface area (Å²) in [6.45, 7) is -0.445. The molecule has 0 aliphatic rings. The van der Waals surface area contributed by atoms with Crippen molar-refractivity contribution < 1.29 is 23.4 Å². The number of alkyl halides is 2. The summed E-state index contributed by atoms with van der Waals surface area (Å²) in [5, 5.41) is 18.6. The minimum absolute atomic E-state index is 0.0278. The van der Waals surface area contributed by atoms with E-state index < -0.39 is 19.0 Å². The molecule has 2 N–H and O–H groups in total. The number of nitrogens with zero attached hydrogens (tertiary/aromatic N) is 2. The zero-order valence-corrected chi connectivity index (χ0v) is 8.77. The summed E-state index contributed by atoms with van der Waals surface area (Å²) in [6, 6.07) is 1.29. The topological polar surface area (TPSA) is 84.3 Å². The summed E-state index contributed by atoms with van der Waals surface area (Å²) >= 11 is 0. The van der Waals surface area contributed by atoms with Gasteiger partial charge in [-0.1, -0.05) is 0 Å². The number of hydrogen-bond donors (Lipinski definition) is 2. The number of aromatic nitrogens is 2. The monoisotopic (exact) mass is 247 g/mol. The molecule has 0 atom stereocenters. The molecule has 0 aromatic carbocycles. The molecule has 0 saturated heterocycles. The highest BCUT2D eigenvalue weighted by molar-refractivity contribution is 5.92. The van der Waals surface area contributed by atoms with Gasteiger partial charge in [0.05, 0.1) is 12.8 Å². The quantitative estimate of drug-likeness (QED) is 0.695. The van der Waals surface area contributed by atoms with E-state index in [1.807, 2.05) is 0 Å². The molecule has 94 valence electrons. The number of carbonyl (C=O) groups is 1. The van der Waals surface area contributed by atoms with Gasteiger partial charge < -0.3 is 15.2 Å². The largest absolute Gasteiger partial charge is 0.478 e. The number of nitrogens with one attached hydrogen (secondary N) is 1. The second-order valence-electron chi connectivity index (χ2n) is 2.99. The maximum absolute atomic E-state index is 11.7. The normalized spacial score (nSPS) is 10.5. The van der Waals surface area contributed by atoms with E-state index in [9.17, 15) is 13.6 Å². The Bertz CT molecular complexity index is 376. The molecule has 1 heterocycles. The van der Waals surface area contributed by atoms with Crippen LogP contribution in [0, 0.1) is 0 Å². The molecule has 8 heteroatoms. The number of hydrogen-bond acceptors (Lipinski definition) is 5. The van der Waals surface area contributed by atoms with Gasteiger partial charge >= 0.3 is 5.97 Å². The lowest BCUT2D eigenvalue weighted by Gasteiger charge is -2.07. The van der Waals surface area contributed by atoms with E-state index in [2.05, 4.69) is 20.3 Å². The first-order valence-electron chi connectivity index (χ1n) is 4.76. The average molecular weight is 247 g/mol. The lowest BCUT2D eigenvalue weighted by molar-refractivity contribution is 0.0214. The van der Waals surface area contributed by atoms with Crippen LogP contribution in [0.15, 0.2) is 12.3 Å². The number of carboxylic acid groups (broad SMARTS) is 1. The van der Waals surface area contributed by atoms with Gasteiger partial charge in [-0.15, -0.1) is 5.10 Å². The first kappa shape index (κ1) is 13.2. The highest BCUT2D eigenvalue weighted by atomic mass is 19.3. The van der Waals surface area contributed by atoms with Gasteiger partial charge in [-0.2, -0.15) is 5.10 Å². The molecule has 17 heavy (non-hydrogen) atoms. The highest BCUT2D eigenvalue weighted by Gasteiger charge is 2.10. The van der Waals surface area contributed by atoms with E-state index in [-0.39, 0.29) is 24.5 Å². The summed E-state index contributed by atoms with van der Waals surface area (Å²) in [5.41, 5.74) is -0.0335. The molecule has 0 radical (unpaired) electrons. The van der Waals surface area contributed by atoms with Crippen molar-refractivity contribution in [3.63, 3.8) is 0 Å². The zero-order valence-electron chi connectivity index (χ0n) is 8.77. The Kier molecular flexibility index (Phi) is 5.21. The summed E-state index contributed by atoms with van der Waals surface area (Å²) in [4.78, 5) is 10.8. The Morgan fingerprint density at radius 2 is 2.35 bits per heavy atom. The van der Waals surface area contributed by atoms with E-state index in [4.69, 9.17) is 5.11 Å². The summed E-state index contributed by atoms with van der Waals surface area (Å²) < 4.78 is 28.0. The van der Waals surface area contributed by atoms with Crippen LogP contribution in [0.3, 0.4) is 0 Å². The van der Waals surface area contributed by atoms with Crippen molar-refractivity contribution in [3.05, 3.63) is 17.8 Å². The van der Waals surface area contributed by atoms with Gasteiger partial charge in [0.15, 0.2) is 5.82 Å². The SMILES string of the molecule is O=C(O)c1ccnnc1NCCOCC(F)F. The molecular weight excluding hydrogens is 236 g/mol. The average Bonchev–Trinajstić information content (AvgIpc) is 2.28. The number of carboxylic acids is 1. The standard InChI is InChI=1S/C9H11F2N3O3/c10-7(11)5-17-4-3-12-8-6(9(15)16)1-2-13-14-8/h1-2,7H,3-5H2,(H,12,14)(H,15,16). The number of halogens is 2. The van der Waals surface area contributed by atoms with Crippen molar-refractivity contribution in [1.29, 1.82) is 0 Å². The van der Waals surface area contributed by atoms with Gasteiger partial charge in [-0.3, -0.25) is 0 Å². The molecule has 0 aliphatic carbocycles. The van der Waals surface area contributed by atoms with Crippen LogP contribution in [0.4, 0.5) is 14.6 Å². The van der Waals surface area contributed by atoms with Gasteiger partial charge in [0.2, 0.25) is 0 Å². The summed E-state index contributed by atoms with van der Waals surface area (Å²) in [6.07, 6.45) is -1.26. The van der Waals surface area contributed by atoms with Crippen LogP contribution in [0.5, 0.6) is 0 Å². The van der Waals surface area contributed by atoms with Crippen LogP contribution in [0.1, 0.15) is 10.4 Å². The Hall–Kier alpha value is -1.83. The Labute approximate surface area is 95.6 Å². The van der Waals surface area contributed by atoms with Crippen LogP contribution in [-0.2, 0) is 4.74 Å². The molecule has 1 rings (SSSR count). The first-order valence-corrected chi connectivity index (χ1v) is 4.76. The molecule has 0 amide bonds. The zero-order chi connectivity index (χ0) is 12.7. The third-order valence-electron chi connectivity index (χ3n) is 1.73. The molecule has 0 saturated carbocycles. The molecule has 0 bridgehead atoms. The van der Waals surface area contributed by atoms with Gasteiger partial charge in [0, 0.05) is 6.54 Å². The third-order valence-corrected chi connectivity index (χ3v) is 1.73. The minimum Gasteiger partial charge on any atom is -0.478 e. The van der Waals surface area contributed by atoms with Crippen LogP contribution in [-0.4, -0.2) is 47.5 Å². The highest BCUT2D eigenvalue weighted by Crippen LogP contribution is 2.09. The fraction of sp³-hybridized carbons (Fsp3) is 0.444. The van der Waals surface area contributed by atoms with Crippen LogP contribution >= 0.6 is 0 Å². The van der Waals surface area contributed by atoms with Crippen molar-refractivity contribution >= 4 is 11.8 Å². The molecule has 0 unspecified atom stereocenters. The second-order valence-corrected chi connectivity index (χ2v) is 2.99. The number of aromatic carboxylic acids is 1. The Morgan fingerprint density at radius 1 is 1.59 bits per heavy atom. The Balaban J connectivity index is 2.39. The fourth-order valence-corrected chi connectivity index (χ4v) is 1.05. The van der Waals surface area contributed by atoms with E-state index in [1.165, 1.54) is 12.3 Å². The van der Waals surface area contributed by atoms with Crippen molar-refractivity contribution in [2.24, 2.45) is 0 Å². The van der Waals surface area contributed by atoms with Gasteiger partial charge in [-0.05, 0) is 6.07 Å². The smallest absolute Gasteiger partial charge is 0.339 e. The molecule has 0 spiro atoms. The summed E-state index contributed by atoms with van der Waals surface area (Å²) in [7, 11) is 0. The molecule has 0 aliphatic heterocycles. The lowest BCUT2D eigenvalue weighted by atomic mass is 10.3. The maximum atomic E-state index is 11.7. The molecule has 1 aromatic heterocycles. The van der Waals surface area contributed by atoms with Crippen molar-refractivity contribution in [2.45, 2.75) is 6.43 Å². The molecule has 1 aromatic rings. The molecule has 0 fully saturated rings. The predicted octanol–water partition coefficient (Wildman–Crippen LogP) is 0.868. The second kappa shape index (κ2) is 6.69. The third kappa shape index (κ3) is 4.68. The van der Waals surface area contributed by atoms with Crippen LogP contribution in [0.25, 0.3) is 0 Å². The maximum Gasteiger partial charge on any atom is 0.339 e. The van der Waals surface area contributed by atoms with Crippen molar-refractivity contribution in [2.75, 3.05) is 25.1 Å². The fourth-order valence-electron chi connectivity index (χ4n) is 1.05. The van der Waals surface area contributed by atoms with Crippen LogP contribution in [0.2, 0.25) is 0 Å². The van der Waals surface area contributed by atoms with Crippen LogP contribution < -0.4 is 5.32 Å². The van der Waals surface area contributed by atoms with E-state index in [1.54, 1.807) is 0 Å². The number of ether oxygens (including phenoxy) is 1. The van der Waals surface area contributed by atoms with Gasteiger partial charge in [0.1, 0.15) is 12.2 Å². The number of anilines is 1. The Morgan fingerprint density at radius 3 is 3.00 bits per heavy atom. The van der Waals surface area contributed by atoms with E-state index >= 15 is 0 Å². The van der Waals surface area contributed by atoms with E-state index in [0.717, 1.165) is 0 Å². The van der Waals surface area contributed by atoms with Crippen molar-refractivity contribution in [3.8, 4) is 0 Å². The number of rotatable bonds is 7. The predicted molar refractivity (Wildman–Crippen MR) is 54.3 cm³/mol. The minimum atomic E-state index is -2.51. The molecule has 6 nitrogen and oxygen atoms in total. The summed E-state index contributed by atoms with van der Waals surface area (Å²) in [5.74, 6) is -1.06. The molecular formula is C9H11F2N3O3. The van der Waals surface area contributed by atoms with Crippen molar-refractivity contribution in [1.82, 2.24) is 10.2 Å². The van der Waals surface area contributed by atoms with E-state index in [0.29, 0.717) is 0 Å². The lowest BCUT2D eigenvalue weighted by Crippen LogP contribution is -2.16. The van der Waals surface area contributed by atoms with Gasteiger partial charge in [0.25, 0.3) is 6.43 Å².